The predicted octanol–water partition coefficient (Wildman–Crippen LogP) is 6.31. The predicted molar refractivity (Wildman–Crippen MR) is 164 cm³/mol. The zero-order valence-corrected chi connectivity index (χ0v) is 24.4. The lowest BCUT2D eigenvalue weighted by Crippen LogP contribution is -2.26. The van der Waals surface area contributed by atoms with Gasteiger partial charge in [-0.15, -0.1) is 0 Å². The first kappa shape index (κ1) is 28.8. The second-order valence-corrected chi connectivity index (χ2v) is 10.4. The van der Waals surface area contributed by atoms with E-state index >= 15 is 0 Å². The molecule has 0 saturated carbocycles. The number of benzene rings is 2. The highest BCUT2D eigenvalue weighted by molar-refractivity contribution is 8.18. The van der Waals surface area contributed by atoms with Crippen LogP contribution in [0.5, 0.6) is 5.75 Å². The van der Waals surface area contributed by atoms with Crippen molar-refractivity contribution < 1.29 is 28.6 Å². The Bertz CT molecular complexity index is 1700. The Morgan fingerprint density at radius 3 is 2.62 bits per heavy atom. The summed E-state index contributed by atoms with van der Waals surface area (Å²) >= 11 is 1.18. The molecule has 0 unspecified atom stereocenters. The van der Waals surface area contributed by atoms with Crippen molar-refractivity contribution in [2.45, 2.75) is 33.4 Å². The van der Waals surface area contributed by atoms with Crippen molar-refractivity contribution in [2.24, 2.45) is 4.99 Å². The van der Waals surface area contributed by atoms with Gasteiger partial charge in [0.2, 0.25) is 5.91 Å². The maximum absolute atomic E-state index is 12.9. The van der Waals surface area contributed by atoms with E-state index in [0.717, 1.165) is 28.5 Å². The number of para-hydroxylation sites is 1. The number of thioether (sulfide) groups is 1. The molecule has 0 atom stereocenters. The molecular weight excluding hydrogens is 554 g/mol. The number of furan rings is 1. The standard InChI is InChI=1S/C32H31N3O6S/c1-4-20-8-6-10-25-21(18-35(29(20)25)19-27(36)33-17-24-9-7-15-41-24)16-26-30(37)28(32(38)40-5-2)31(42-26)34-22-11-13-23(39-3)14-12-22/h6-16,18,37H,4-5,17,19H2,1-3H3,(H,33,36)/b26-16-,34-31?. The number of hydrogen-bond donors (Lipinski definition) is 2. The summed E-state index contributed by atoms with van der Waals surface area (Å²) in [6, 6.07) is 16.7. The topological polar surface area (TPSA) is 115 Å². The average Bonchev–Trinajstić information content (AvgIpc) is 3.71. The number of methoxy groups -OCH3 is 1. The average molecular weight is 586 g/mol. The maximum atomic E-state index is 12.9. The summed E-state index contributed by atoms with van der Waals surface area (Å²) in [5.74, 6) is 0.340. The summed E-state index contributed by atoms with van der Waals surface area (Å²) in [7, 11) is 1.58. The van der Waals surface area contributed by atoms with Gasteiger partial charge in [-0.1, -0.05) is 36.9 Å². The number of aliphatic hydroxyl groups excluding tert-OH is 1. The van der Waals surface area contributed by atoms with Gasteiger partial charge < -0.3 is 28.9 Å². The lowest BCUT2D eigenvalue weighted by atomic mass is 10.1. The van der Waals surface area contributed by atoms with Gasteiger partial charge in [-0.05, 0) is 61.4 Å². The molecule has 0 saturated heterocycles. The number of nitrogens with one attached hydrogen (secondary N) is 1. The molecule has 0 aliphatic carbocycles. The fraction of sp³-hybridized carbons (Fsp3) is 0.219. The van der Waals surface area contributed by atoms with Crippen LogP contribution in [0.1, 0.15) is 30.7 Å². The summed E-state index contributed by atoms with van der Waals surface area (Å²) in [5.41, 5.74) is 3.42. The number of carbonyl (C=O) groups excluding carboxylic acids is 2. The lowest BCUT2D eigenvalue weighted by Gasteiger charge is -2.09. The number of aryl methyl sites for hydroxylation is 1. The molecular formula is C32H31N3O6S. The highest BCUT2D eigenvalue weighted by atomic mass is 32.2. The smallest absolute Gasteiger partial charge is 0.344 e. The number of ether oxygens (including phenoxy) is 2. The molecule has 0 fully saturated rings. The number of fused-ring (bicyclic) bond motifs is 1. The van der Waals surface area contributed by atoms with E-state index in [4.69, 9.17) is 13.9 Å². The third kappa shape index (κ3) is 6.13. The minimum atomic E-state index is -0.651. The van der Waals surface area contributed by atoms with Crippen molar-refractivity contribution in [1.82, 2.24) is 9.88 Å². The van der Waals surface area contributed by atoms with E-state index in [2.05, 4.69) is 17.2 Å². The van der Waals surface area contributed by atoms with Crippen molar-refractivity contribution in [3.63, 3.8) is 0 Å². The fourth-order valence-electron chi connectivity index (χ4n) is 4.71. The number of hydrogen-bond acceptors (Lipinski definition) is 8. The van der Waals surface area contributed by atoms with Crippen LogP contribution in [0.2, 0.25) is 0 Å². The minimum absolute atomic E-state index is 0.0132. The van der Waals surface area contributed by atoms with Gasteiger partial charge in [-0.25, -0.2) is 9.79 Å². The highest BCUT2D eigenvalue weighted by Gasteiger charge is 2.33. The number of aromatic nitrogens is 1. The van der Waals surface area contributed by atoms with E-state index in [-0.39, 0.29) is 30.4 Å². The second-order valence-electron chi connectivity index (χ2n) is 9.41. The Kier molecular flexibility index (Phi) is 8.83. The van der Waals surface area contributed by atoms with Gasteiger partial charge in [0.15, 0.2) is 0 Å². The number of aliphatic hydroxyl groups is 1. The van der Waals surface area contributed by atoms with E-state index in [1.807, 2.05) is 35.0 Å². The molecule has 2 aromatic heterocycles. The molecule has 1 aliphatic heterocycles. The Morgan fingerprint density at radius 1 is 1.12 bits per heavy atom. The van der Waals surface area contributed by atoms with Crippen LogP contribution < -0.4 is 10.1 Å². The number of rotatable bonds is 10. The van der Waals surface area contributed by atoms with E-state index in [9.17, 15) is 14.7 Å². The molecule has 5 rings (SSSR count). The molecule has 216 valence electrons. The van der Waals surface area contributed by atoms with Crippen LogP contribution in [0.25, 0.3) is 17.0 Å². The largest absolute Gasteiger partial charge is 0.506 e. The Hall–Kier alpha value is -4.70. The molecule has 1 aliphatic rings. The Morgan fingerprint density at radius 2 is 1.93 bits per heavy atom. The van der Waals surface area contributed by atoms with Crippen LogP contribution in [-0.4, -0.2) is 40.3 Å². The van der Waals surface area contributed by atoms with Crippen molar-refractivity contribution in [3.8, 4) is 5.75 Å². The van der Waals surface area contributed by atoms with Crippen LogP contribution in [-0.2, 0) is 33.8 Å². The minimum Gasteiger partial charge on any atom is -0.506 e. The third-order valence-electron chi connectivity index (χ3n) is 6.71. The van der Waals surface area contributed by atoms with Crippen molar-refractivity contribution in [2.75, 3.05) is 13.7 Å². The molecule has 2 N–H and O–H groups in total. The van der Waals surface area contributed by atoms with Gasteiger partial charge in [0, 0.05) is 17.1 Å². The van der Waals surface area contributed by atoms with Crippen molar-refractivity contribution in [3.05, 3.63) is 100 Å². The SMILES string of the molecule is CCOC(=O)C1=C(O)/C(=C/c2cn(CC(=O)NCc3ccco3)c3c(CC)cccc23)SC1=Nc1ccc(OC)cc1. The highest BCUT2D eigenvalue weighted by Crippen LogP contribution is 2.41. The fourth-order valence-corrected chi connectivity index (χ4v) is 5.73. The molecule has 9 nitrogen and oxygen atoms in total. The monoisotopic (exact) mass is 585 g/mol. The molecule has 1 amide bonds. The van der Waals surface area contributed by atoms with Crippen LogP contribution in [0.15, 0.2) is 92.7 Å². The first-order valence-corrected chi connectivity index (χ1v) is 14.4. The first-order chi connectivity index (χ1) is 20.4. The molecule has 3 heterocycles. The number of amides is 1. The molecule has 0 radical (unpaired) electrons. The van der Waals surface area contributed by atoms with Crippen LogP contribution in [0, 0.1) is 0 Å². The lowest BCUT2D eigenvalue weighted by molar-refractivity contribution is -0.138. The van der Waals surface area contributed by atoms with E-state index in [1.165, 1.54) is 11.8 Å². The van der Waals surface area contributed by atoms with Gasteiger partial charge in [0.1, 0.15) is 34.4 Å². The summed E-state index contributed by atoms with van der Waals surface area (Å²) in [5, 5.41) is 15.4. The quantitative estimate of drug-likeness (QED) is 0.210. The summed E-state index contributed by atoms with van der Waals surface area (Å²) in [4.78, 5) is 30.9. The maximum Gasteiger partial charge on any atom is 0.344 e. The zero-order chi connectivity index (χ0) is 29.6. The molecule has 4 aromatic rings. The molecule has 42 heavy (non-hydrogen) atoms. The number of esters is 1. The van der Waals surface area contributed by atoms with Crippen molar-refractivity contribution in [1.29, 1.82) is 0 Å². The van der Waals surface area contributed by atoms with Gasteiger partial charge in [-0.2, -0.15) is 0 Å². The van der Waals surface area contributed by atoms with E-state index < -0.39 is 5.97 Å². The summed E-state index contributed by atoms with van der Waals surface area (Å²) < 4.78 is 17.7. The van der Waals surface area contributed by atoms with Gasteiger partial charge in [0.25, 0.3) is 0 Å². The summed E-state index contributed by atoms with van der Waals surface area (Å²) in [6.45, 7) is 4.33. The van der Waals surface area contributed by atoms with Crippen LogP contribution in [0.3, 0.4) is 0 Å². The molecule has 10 heteroatoms. The van der Waals surface area contributed by atoms with Crippen LogP contribution >= 0.6 is 11.8 Å². The van der Waals surface area contributed by atoms with Gasteiger partial charge in [0.05, 0.1) is 42.6 Å². The number of carbonyl (C=O) groups is 2. The van der Waals surface area contributed by atoms with E-state index in [1.54, 1.807) is 56.7 Å². The normalized spacial score (nSPS) is 15.1. The molecule has 0 bridgehead atoms. The number of nitrogens with zero attached hydrogens (tertiary/aromatic N) is 2. The van der Waals surface area contributed by atoms with Crippen LogP contribution in [0.4, 0.5) is 5.69 Å². The third-order valence-corrected chi connectivity index (χ3v) is 7.73. The van der Waals surface area contributed by atoms with E-state index in [0.29, 0.717) is 33.7 Å². The number of aliphatic imine (C=N–C) groups is 1. The van der Waals surface area contributed by atoms with Gasteiger partial charge >= 0.3 is 5.97 Å². The first-order valence-electron chi connectivity index (χ1n) is 13.5. The van der Waals surface area contributed by atoms with Crippen molar-refractivity contribution >= 4 is 51.3 Å². The Balaban J connectivity index is 1.51. The van der Waals surface area contributed by atoms with Gasteiger partial charge in [-0.3, -0.25) is 4.79 Å². The molecule has 2 aromatic carbocycles. The zero-order valence-electron chi connectivity index (χ0n) is 23.5. The Labute approximate surface area is 247 Å². The second kappa shape index (κ2) is 12.9. The summed E-state index contributed by atoms with van der Waals surface area (Å²) in [6.07, 6.45) is 6.05. The molecule has 0 spiro atoms.